The van der Waals surface area contributed by atoms with Gasteiger partial charge in [0.25, 0.3) is 11.7 Å². The van der Waals surface area contributed by atoms with Crippen LogP contribution in [-0.2, 0) is 9.59 Å². The number of ether oxygens (including phenoxy) is 1. The summed E-state index contributed by atoms with van der Waals surface area (Å²) in [6, 6.07) is 15.8. The number of aliphatic hydroxyl groups is 1. The fourth-order valence-corrected chi connectivity index (χ4v) is 3.76. The van der Waals surface area contributed by atoms with Gasteiger partial charge in [0.1, 0.15) is 29.1 Å². The molecule has 3 aromatic rings. The summed E-state index contributed by atoms with van der Waals surface area (Å²) < 4.78 is 11.1. The van der Waals surface area contributed by atoms with Crippen molar-refractivity contribution >= 4 is 34.7 Å². The van der Waals surface area contributed by atoms with Crippen LogP contribution in [0.4, 0.5) is 5.69 Å². The number of aliphatic hydroxyl groups excluding tert-OH is 1. The highest BCUT2D eigenvalue weighted by molar-refractivity contribution is 6.51. The summed E-state index contributed by atoms with van der Waals surface area (Å²) in [6.07, 6.45) is 0. The summed E-state index contributed by atoms with van der Waals surface area (Å²) in [5.74, 6) is -0.611. The van der Waals surface area contributed by atoms with Crippen molar-refractivity contribution in [3.63, 3.8) is 0 Å². The van der Waals surface area contributed by atoms with Crippen LogP contribution in [0.15, 0.2) is 70.7 Å². The van der Waals surface area contributed by atoms with Gasteiger partial charge in [-0.05, 0) is 49.4 Å². The highest BCUT2D eigenvalue weighted by atomic mass is 35.5. The Morgan fingerprint density at radius 1 is 1.10 bits per heavy atom. The number of carbonyl (C=O) groups excluding carboxylic acids is 2. The van der Waals surface area contributed by atoms with Gasteiger partial charge in [0.15, 0.2) is 0 Å². The molecule has 1 aromatic heterocycles. The Morgan fingerprint density at radius 2 is 1.87 bits per heavy atom. The van der Waals surface area contributed by atoms with Crippen molar-refractivity contribution in [2.45, 2.75) is 13.0 Å². The fourth-order valence-electron chi connectivity index (χ4n) is 3.58. The van der Waals surface area contributed by atoms with E-state index < -0.39 is 17.7 Å². The molecule has 0 aliphatic carbocycles. The fraction of sp³-hybridized carbons (Fsp3) is 0.130. The van der Waals surface area contributed by atoms with Crippen LogP contribution in [0.1, 0.15) is 23.1 Å². The van der Waals surface area contributed by atoms with E-state index in [2.05, 4.69) is 0 Å². The third kappa shape index (κ3) is 3.25. The van der Waals surface area contributed by atoms with Crippen LogP contribution < -0.4 is 9.64 Å². The summed E-state index contributed by atoms with van der Waals surface area (Å²) in [7, 11) is 1.46. The second-order valence-electron chi connectivity index (χ2n) is 6.80. The van der Waals surface area contributed by atoms with E-state index in [0.29, 0.717) is 33.5 Å². The number of anilines is 1. The van der Waals surface area contributed by atoms with E-state index in [-0.39, 0.29) is 11.3 Å². The number of nitrogens with zero attached hydrogens (tertiary/aromatic N) is 1. The Balaban J connectivity index is 1.97. The average Bonchev–Trinajstić information content (AvgIpc) is 3.28. The number of Topliss-reactive ketones (excluding diaryl/α,β-unsaturated/α-hetero) is 1. The molecule has 7 heteroatoms. The van der Waals surface area contributed by atoms with E-state index in [1.54, 1.807) is 67.6 Å². The quantitative estimate of drug-likeness (QED) is 0.367. The van der Waals surface area contributed by atoms with E-state index in [1.165, 1.54) is 12.0 Å². The molecular weight excluding hydrogens is 406 g/mol. The molecule has 1 fully saturated rings. The second-order valence-corrected chi connectivity index (χ2v) is 7.23. The molecule has 2 aromatic carbocycles. The molecule has 1 aliphatic rings. The van der Waals surface area contributed by atoms with Crippen LogP contribution in [0.25, 0.3) is 5.76 Å². The van der Waals surface area contributed by atoms with Gasteiger partial charge in [-0.1, -0.05) is 29.8 Å². The van der Waals surface area contributed by atoms with Gasteiger partial charge in [0.05, 0.1) is 18.2 Å². The molecule has 0 bridgehead atoms. The van der Waals surface area contributed by atoms with E-state index in [4.69, 9.17) is 20.8 Å². The number of benzene rings is 2. The topological polar surface area (TPSA) is 80.0 Å². The van der Waals surface area contributed by atoms with Crippen molar-refractivity contribution in [1.29, 1.82) is 0 Å². The first-order chi connectivity index (χ1) is 14.4. The number of hydrogen-bond donors (Lipinski definition) is 1. The average molecular weight is 424 g/mol. The first-order valence-electron chi connectivity index (χ1n) is 9.18. The minimum atomic E-state index is -0.956. The van der Waals surface area contributed by atoms with Crippen LogP contribution in [0, 0.1) is 6.92 Å². The van der Waals surface area contributed by atoms with E-state index in [0.717, 1.165) is 0 Å². The number of ketones is 1. The van der Waals surface area contributed by atoms with Gasteiger partial charge in [-0.25, -0.2) is 0 Å². The smallest absolute Gasteiger partial charge is 0.300 e. The van der Waals surface area contributed by atoms with Gasteiger partial charge in [-0.2, -0.15) is 0 Å². The van der Waals surface area contributed by atoms with E-state index in [9.17, 15) is 14.7 Å². The summed E-state index contributed by atoms with van der Waals surface area (Å²) in [6.45, 7) is 1.76. The lowest BCUT2D eigenvalue weighted by Gasteiger charge is -2.23. The molecule has 30 heavy (non-hydrogen) atoms. The lowest BCUT2D eigenvalue weighted by atomic mass is 9.98. The molecule has 6 nitrogen and oxygen atoms in total. The number of carbonyl (C=O) groups is 2. The molecule has 152 valence electrons. The zero-order valence-corrected chi connectivity index (χ0v) is 17.0. The van der Waals surface area contributed by atoms with Gasteiger partial charge in [0.2, 0.25) is 0 Å². The third-order valence-electron chi connectivity index (χ3n) is 4.92. The molecule has 0 saturated carbocycles. The predicted octanol–water partition coefficient (Wildman–Crippen LogP) is 4.88. The van der Waals surface area contributed by atoms with Crippen molar-refractivity contribution in [3.05, 3.63) is 88.3 Å². The van der Waals surface area contributed by atoms with Crippen molar-refractivity contribution in [1.82, 2.24) is 0 Å². The maximum atomic E-state index is 13.1. The number of rotatable bonds is 4. The van der Waals surface area contributed by atoms with Gasteiger partial charge >= 0.3 is 0 Å². The predicted molar refractivity (Wildman–Crippen MR) is 113 cm³/mol. The van der Waals surface area contributed by atoms with Crippen LogP contribution in [0.5, 0.6) is 5.75 Å². The molecule has 0 spiro atoms. The SMILES string of the molecule is COc1ccccc1/C(O)=C1/C(=O)C(=O)N(c2cccc(Cl)c2)C1c1ccc(C)o1. The van der Waals surface area contributed by atoms with Crippen LogP contribution >= 0.6 is 11.6 Å². The largest absolute Gasteiger partial charge is 0.507 e. The lowest BCUT2D eigenvalue weighted by molar-refractivity contribution is -0.132. The Kier molecular flexibility index (Phi) is 5.10. The monoisotopic (exact) mass is 423 g/mol. The minimum Gasteiger partial charge on any atom is -0.507 e. The summed E-state index contributed by atoms with van der Waals surface area (Å²) in [5.41, 5.74) is 0.638. The summed E-state index contributed by atoms with van der Waals surface area (Å²) >= 11 is 6.12. The molecular formula is C23H18ClNO5. The minimum absolute atomic E-state index is 0.0844. The Morgan fingerprint density at radius 3 is 2.53 bits per heavy atom. The van der Waals surface area contributed by atoms with Gasteiger partial charge in [-0.3, -0.25) is 14.5 Å². The van der Waals surface area contributed by atoms with Gasteiger partial charge in [0, 0.05) is 10.7 Å². The van der Waals surface area contributed by atoms with Crippen LogP contribution in [0.3, 0.4) is 0 Å². The standard InChI is InChI=1S/C23H18ClNO5/c1-13-10-11-18(30-13)20-19(21(26)16-8-3-4-9-17(16)29-2)22(27)23(28)25(20)15-7-5-6-14(24)12-15/h3-12,20,26H,1-2H3/b21-19-. The lowest BCUT2D eigenvalue weighted by Crippen LogP contribution is -2.29. The molecule has 1 atom stereocenters. The Bertz CT molecular complexity index is 1180. The molecule has 1 aliphatic heterocycles. The number of amides is 1. The molecule has 1 unspecified atom stereocenters. The van der Waals surface area contributed by atoms with Gasteiger partial charge in [-0.15, -0.1) is 0 Å². The molecule has 0 radical (unpaired) electrons. The second kappa shape index (κ2) is 7.72. The number of methoxy groups -OCH3 is 1. The molecule has 1 N–H and O–H groups in total. The molecule has 1 amide bonds. The van der Waals surface area contributed by atoms with E-state index >= 15 is 0 Å². The van der Waals surface area contributed by atoms with Crippen LogP contribution in [0.2, 0.25) is 5.02 Å². The Labute approximate surface area is 177 Å². The zero-order chi connectivity index (χ0) is 21.4. The number of aryl methyl sites for hydroxylation is 1. The highest BCUT2D eigenvalue weighted by Gasteiger charge is 2.48. The van der Waals surface area contributed by atoms with Crippen LogP contribution in [-0.4, -0.2) is 23.9 Å². The Hall–Kier alpha value is -3.51. The maximum Gasteiger partial charge on any atom is 0.300 e. The third-order valence-corrected chi connectivity index (χ3v) is 5.16. The van der Waals surface area contributed by atoms with Crippen molar-refractivity contribution in [2.75, 3.05) is 12.0 Å². The first-order valence-corrected chi connectivity index (χ1v) is 9.56. The summed E-state index contributed by atoms with van der Waals surface area (Å²) in [5, 5.41) is 11.5. The normalized spacial score (nSPS) is 18.1. The number of hydrogen-bond acceptors (Lipinski definition) is 5. The highest BCUT2D eigenvalue weighted by Crippen LogP contribution is 2.43. The number of halogens is 1. The van der Waals surface area contributed by atoms with Crippen molar-refractivity contribution in [2.24, 2.45) is 0 Å². The maximum absolute atomic E-state index is 13.1. The molecule has 4 rings (SSSR count). The van der Waals surface area contributed by atoms with Gasteiger partial charge < -0.3 is 14.3 Å². The number of para-hydroxylation sites is 1. The van der Waals surface area contributed by atoms with Crippen molar-refractivity contribution in [3.8, 4) is 5.75 Å². The summed E-state index contributed by atoms with van der Waals surface area (Å²) in [4.78, 5) is 27.4. The first kappa shape index (κ1) is 19.8. The molecule has 1 saturated heterocycles. The van der Waals surface area contributed by atoms with Crippen molar-refractivity contribution < 1.29 is 23.8 Å². The number of furan rings is 1. The van der Waals surface area contributed by atoms with E-state index in [1.807, 2.05) is 0 Å². The molecule has 2 heterocycles. The zero-order valence-electron chi connectivity index (χ0n) is 16.3.